The average Bonchev–Trinajstić information content (AvgIpc) is 2.15. The molecule has 0 aliphatic rings. The number of ether oxygens (including phenoxy) is 1. The first kappa shape index (κ1) is 9.23. The predicted molar refractivity (Wildman–Crippen MR) is 49.9 cm³/mol. The molecule has 0 heterocycles. The standard InChI is InChI=1S/C10H15NO/c1-9(11-8-12-2)10-6-4-3-5-7-10/h3-7,9,11H,8H2,1-2H3. The Balaban J connectivity index is 2.48. The number of hydrogen-bond acceptors (Lipinski definition) is 2. The third-order valence-electron chi connectivity index (χ3n) is 1.83. The van der Waals surface area contributed by atoms with Crippen LogP contribution >= 0.6 is 0 Å². The second-order valence-electron chi connectivity index (χ2n) is 2.77. The zero-order valence-corrected chi connectivity index (χ0v) is 7.58. The van der Waals surface area contributed by atoms with Crippen LogP contribution in [0.2, 0.25) is 0 Å². The van der Waals surface area contributed by atoms with Gasteiger partial charge in [-0.1, -0.05) is 30.3 Å². The van der Waals surface area contributed by atoms with Gasteiger partial charge in [0.05, 0.1) is 6.73 Å². The summed E-state index contributed by atoms with van der Waals surface area (Å²) in [6.45, 7) is 2.71. The minimum Gasteiger partial charge on any atom is -0.370 e. The van der Waals surface area contributed by atoms with Crippen LogP contribution in [-0.2, 0) is 4.74 Å². The van der Waals surface area contributed by atoms with Crippen molar-refractivity contribution >= 4 is 0 Å². The number of rotatable bonds is 4. The van der Waals surface area contributed by atoms with Gasteiger partial charge in [0.25, 0.3) is 0 Å². The Hall–Kier alpha value is -0.860. The van der Waals surface area contributed by atoms with Gasteiger partial charge in [-0.3, -0.25) is 5.32 Å². The molecule has 0 aromatic heterocycles. The smallest absolute Gasteiger partial charge is 0.0966 e. The number of methoxy groups -OCH3 is 1. The van der Waals surface area contributed by atoms with Crippen LogP contribution in [0.4, 0.5) is 0 Å². The van der Waals surface area contributed by atoms with Crippen molar-refractivity contribution in [3.8, 4) is 0 Å². The molecule has 0 aliphatic heterocycles. The predicted octanol–water partition coefficient (Wildman–Crippen LogP) is 1.94. The van der Waals surface area contributed by atoms with Gasteiger partial charge in [0, 0.05) is 13.2 Å². The lowest BCUT2D eigenvalue weighted by molar-refractivity contribution is 0.166. The van der Waals surface area contributed by atoms with E-state index in [1.165, 1.54) is 5.56 Å². The van der Waals surface area contributed by atoms with E-state index in [9.17, 15) is 0 Å². The molecular weight excluding hydrogens is 150 g/mol. The third-order valence-corrected chi connectivity index (χ3v) is 1.83. The fourth-order valence-electron chi connectivity index (χ4n) is 1.07. The molecule has 1 aromatic rings. The summed E-state index contributed by atoms with van der Waals surface area (Å²) >= 11 is 0. The minimum atomic E-state index is 0.353. The molecule has 0 saturated heterocycles. The van der Waals surface area contributed by atoms with E-state index in [1.807, 2.05) is 18.2 Å². The van der Waals surface area contributed by atoms with Crippen LogP contribution in [0.5, 0.6) is 0 Å². The quantitative estimate of drug-likeness (QED) is 0.688. The summed E-state index contributed by atoms with van der Waals surface area (Å²) in [5, 5.41) is 3.23. The summed E-state index contributed by atoms with van der Waals surface area (Å²) in [6.07, 6.45) is 0. The van der Waals surface area contributed by atoms with Gasteiger partial charge in [0.2, 0.25) is 0 Å². The molecule has 12 heavy (non-hydrogen) atoms. The highest BCUT2D eigenvalue weighted by Gasteiger charge is 2.01. The van der Waals surface area contributed by atoms with E-state index in [0.717, 1.165) is 0 Å². The van der Waals surface area contributed by atoms with Crippen LogP contribution in [-0.4, -0.2) is 13.8 Å². The van der Waals surface area contributed by atoms with E-state index in [0.29, 0.717) is 12.8 Å². The Kier molecular flexibility index (Phi) is 3.77. The number of benzene rings is 1. The topological polar surface area (TPSA) is 21.3 Å². The number of hydrogen-bond donors (Lipinski definition) is 1. The van der Waals surface area contributed by atoms with Crippen molar-refractivity contribution in [2.45, 2.75) is 13.0 Å². The molecule has 1 N–H and O–H groups in total. The van der Waals surface area contributed by atoms with Gasteiger partial charge in [0.15, 0.2) is 0 Å². The van der Waals surface area contributed by atoms with Gasteiger partial charge in [0.1, 0.15) is 0 Å². The first-order valence-electron chi connectivity index (χ1n) is 4.12. The lowest BCUT2D eigenvalue weighted by atomic mass is 10.1. The Morgan fingerprint density at radius 2 is 2.00 bits per heavy atom. The maximum Gasteiger partial charge on any atom is 0.0966 e. The van der Waals surface area contributed by atoms with Gasteiger partial charge >= 0.3 is 0 Å². The zero-order valence-electron chi connectivity index (χ0n) is 7.58. The van der Waals surface area contributed by atoms with Crippen LogP contribution in [0.1, 0.15) is 18.5 Å². The molecule has 0 spiro atoms. The van der Waals surface area contributed by atoms with Gasteiger partial charge in [-0.15, -0.1) is 0 Å². The highest BCUT2D eigenvalue weighted by Crippen LogP contribution is 2.09. The molecule has 2 heteroatoms. The molecule has 1 atom stereocenters. The summed E-state index contributed by atoms with van der Waals surface area (Å²) < 4.78 is 4.92. The van der Waals surface area contributed by atoms with Crippen molar-refractivity contribution in [2.24, 2.45) is 0 Å². The van der Waals surface area contributed by atoms with Crippen molar-refractivity contribution in [1.29, 1.82) is 0 Å². The summed E-state index contributed by atoms with van der Waals surface area (Å²) in [4.78, 5) is 0. The Morgan fingerprint density at radius 3 is 2.58 bits per heavy atom. The molecule has 66 valence electrons. The highest BCUT2D eigenvalue weighted by molar-refractivity contribution is 5.17. The molecule has 0 aliphatic carbocycles. The normalized spacial score (nSPS) is 12.8. The largest absolute Gasteiger partial charge is 0.370 e. The van der Waals surface area contributed by atoms with Crippen molar-refractivity contribution in [3.63, 3.8) is 0 Å². The van der Waals surface area contributed by atoms with Crippen molar-refractivity contribution in [1.82, 2.24) is 5.32 Å². The average molecular weight is 165 g/mol. The molecule has 1 aromatic carbocycles. The van der Waals surface area contributed by atoms with Gasteiger partial charge < -0.3 is 4.74 Å². The first-order valence-corrected chi connectivity index (χ1v) is 4.12. The highest BCUT2D eigenvalue weighted by atomic mass is 16.5. The van der Waals surface area contributed by atoms with E-state index < -0.39 is 0 Å². The maximum atomic E-state index is 4.92. The summed E-state index contributed by atoms with van der Waals surface area (Å²) in [5.41, 5.74) is 1.29. The van der Waals surface area contributed by atoms with Crippen molar-refractivity contribution in [2.75, 3.05) is 13.8 Å². The maximum absolute atomic E-state index is 4.92. The molecule has 1 rings (SSSR count). The fraction of sp³-hybridized carbons (Fsp3) is 0.400. The van der Waals surface area contributed by atoms with Crippen molar-refractivity contribution < 1.29 is 4.74 Å². The van der Waals surface area contributed by atoms with E-state index in [2.05, 4.69) is 24.4 Å². The molecule has 0 bridgehead atoms. The summed E-state index contributed by atoms with van der Waals surface area (Å²) in [7, 11) is 1.69. The molecule has 2 nitrogen and oxygen atoms in total. The summed E-state index contributed by atoms with van der Waals surface area (Å²) in [6, 6.07) is 10.7. The van der Waals surface area contributed by atoms with Crippen LogP contribution in [0, 0.1) is 0 Å². The van der Waals surface area contributed by atoms with Gasteiger partial charge in [-0.05, 0) is 12.5 Å². The third kappa shape index (κ3) is 2.64. The van der Waals surface area contributed by atoms with E-state index in [-0.39, 0.29) is 0 Å². The second-order valence-corrected chi connectivity index (χ2v) is 2.77. The van der Waals surface area contributed by atoms with Gasteiger partial charge in [-0.25, -0.2) is 0 Å². The monoisotopic (exact) mass is 165 g/mol. The fourth-order valence-corrected chi connectivity index (χ4v) is 1.07. The molecule has 0 fully saturated rings. The lowest BCUT2D eigenvalue weighted by Crippen LogP contribution is -2.20. The van der Waals surface area contributed by atoms with Crippen LogP contribution < -0.4 is 5.32 Å². The van der Waals surface area contributed by atoms with Crippen LogP contribution in [0.25, 0.3) is 0 Å². The molecule has 0 saturated carbocycles. The summed E-state index contributed by atoms with van der Waals surface area (Å²) in [5.74, 6) is 0. The first-order chi connectivity index (χ1) is 5.84. The lowest BCUT2D eigenvalue weighted by Gasteiger charge is -2.12. The number of nitrogens with one attached hydrogen (secondary N) is 1. The molecule has 1 unspecified atom stereocenters. The molecular formula is C10H15NO. The van der Waals surface area contributed by atoms with Crippen LogP contribution in [0.15, 0.2) is 30.3 Å². The molecule has 0 amide bonds. The van der Waals surface area contributed by atoms with Crippen LogP contribution in [0.3, 0.4) is 0 Å². The second kappa shape index (κ2) is 4.91. The van der Waals surface area contributed by atoms with E-state index in [4.69, 9.17) is 4.74 Å². The molecule has 0 radical (unpaired) electrons. The Labute approximate surface area is 73.6 Å². The van der Waals surface area contributed by atoms with E-state index in [1.54, 1.807) is 7.11 Å². The van der Waals surface area contributed by atoms with Gasteiger partial charge in [-0.2, -0.15) is 0 Å². The zero-order chi connectivity index (χ0) is 8.81. The van der Waals surface area contributed by atoms with E-state index >= 15 is 0 Å². The van der Waals surface area contributed by atoms with Crippen molar-refractivity contribution in [3.05, 3.63) is 35.9 Å². The minimum absolute atomic E-state index is 0.353. The Morgan fingerprint density at radius 1 is 1.33 bits per heavy atom. The Bertz CT molecular complexity index is 210. The SMILES string of the molecule is COCNC(C)c1ccccc1.